The lowest BCUT2D eigenvalue weighted by Crippen LogP contribution is -2.24. The van der Waals surface area contributed by atoms with Gasteiger partial charge in [0.25, 0.3) is 11.9 Å². The number of aromatic nitrogens is 4. The van der Waals surface area contributed by atoms with E-state index in [4.69, 9.17) is 4.74 Å². The van der Waals surface area contributed by atoms with Crippen molar-refractivity contribution in [2.45, 2.75) is 13.2 Å². The van der Waals surface area contributed by atoms with Crippen LogP contribution in [0.5, 0.6) is 0 Å². The third-order valence-electron chi connectivity index (χ3n) is 4.44. The second-order valence-corrected chi connectivity index (χ2v) is 7.45. The maximum atomic E-state index is 13.4. The molecule has 0 aliphatic heterocycles. The molecule has 0 spiro atoms. The Labute approximate surface area is 180 Å². The van der Waals surface area contributed by atoms with Crippen molar-refractivity contribution in [2.75, 3.05) is 7.11 Å². The molecule has 158 valence electrons. The predicted molar refractivity (Wildman–Crippen MR) is 111 cm³/mol. The first kappa shape index (κ1) is 20.8. The highest BCUT2D eigenvalue weighted by atomic mass is 32.1. The highest BCUT2D eigenvalue weighted by Gasteiger charge is 2.20. The Morgan fingerprint density at radius 2 is 2.10 bits per heavy atom. The average molecular weight is 441 g/mol. The molecule has 0 fully saturated rings. The van der Waals surface area contributed by atoms with Gasteiger partial charge in [0.1, 0.15) is 0 Å². The number of hydrogen-bond donors (Lipinski definition) is 1. The van der Waals surface area contributed by atoms with Crippen LogP contribution in [0.3, 0.4) is 0 Å². The summed E-state index contributed by atoms with van der Waals surface area (Å²) in [6, 6.07) is 9.14. The molecule has 10 heteroatoms. The van der Waals surface area contributed by atoms with E-state index in [1.54, 1.807) is 23.6 Å². The van der Waals surface area contributed by atoms with Gasteiger partial charge in [0.2, 0.25) is 0 Å². The van der Waals surface area contributed by atoms with E-state index in [9.17, 15) is 13.6 Å². The minimum absolute atomic E-state index is 0.0258. The number of hydrogen-bond acceptors (Lipinski definition) is 6. The van der Waals surface area contributed by atoms with Crippen molar-refractivity contribution in [1.29, 1.82) is 0 Å². The Morgan fingerprint density at radius 1 is 1.23 bits per heavy atom. The Hall–Kier alpha value is -3.50. The minimum atomic E-state index is -0.970. The summed E-state index contributed by atoms with van der Waals surface area (Å²) in [5, 5.41) is 8.91. The third kappa shape index (κ3) is 4.49. The summed E-state index contributed by atoms with van der Waals surface area (Å²) in [7, 11) is 1.50. The van der Waals surface area contributed by atoms with Crippen molar-refractivity contribution < 1.29 is 18.3 Å². The van der Waals surface area contributed by atoms with Gasteiger partial charge in [-0.3, -0.25) is 4.79 Å². The number of carbonyl (C=O) groups excluding carboxylic acids is 1. The molecule has 1 N–H and O–H groups in total. The van der Waals surface area contributed by atoms with Crippen LogP contribution in [0.4, 0.5) is 8.78 Å². The fourth-order valence-corrected chi connectivity index (χ4v) is 3.65. The van der Waals surface area contributed by atoms with E-state index in [-0.39, 0.29) is 18.7 Å². The number of nitrogens with one attached hydrogen (secondary N) is 1. The fourth-order valence-electron chi connectivity index (χ4n) is 2.95. The van der Waals surface area contributed by atoms with Gasteiger partial charge in [0.05, 0.1) is 34.6 Å². The first-order valence-electron chi connectivity index (χ1n) is 9.22. The van der Waals surface area contributed by atoms with Crippen LogP contribution in [0.1, 0.15) is 21.6 Å². The van der Waals surface area contributed by atoms with Gasteiger partial charge in [-0.1, -0.05) is 12.1 Å². The lowest BCUT2D eigenvalue weighted by Gasteiger charge is -2.09. The van der Waals surface area contributed by atoms with E-state index < -0.39 is 17.5 Å². The maximum Gasteiger partial charge on any atom is 0.255 e. The molecule has 0 radical (unpaired) electrons. The summed E-state index contributed by atoms with van der Waals surface area (Å²) in [5.74, 6) is -2.04. The van der Waals surface area contributed by atoms with Gasteiger partial charge in [-0.2, -0.15) is 9.78 Å². The van der Waals surface area contributed by atoms with Crippen molar-refractivity contribution in [3.8, 4) is 16.5 Å². The number of ether oxygens (including phenoxy) is 1. The number of rotatable bonds is 7. The summed E-state index contributed by atoms with van der Waals surface area (Å²) >= 11 is 1.55. The normalized spacial score (nSPS) is 10.9. The molecule has 1 amide bonds. The highest BCUT2D eigenvalue weighted by molar-refractivity contribution is 7.13. The van der Waals surface area contributed by atoms with Gasteiger partial charge in [0.15, 0.2) is 11.6 Å². The van der Waals surface area contributed by atoms with Crippen molar-refractivity contribution in [2.24, 2.45) is 0 Å². The highest BCUT2D eigenvalue weighted by Crippen LogP contribution is 2.23. The lowest BCUT2D eigenvalue weighted by atomic mass is 10.2. The van der Waals surface area contributed by atoms with Crippen LogP contribution in [-0.4, -0.2) is 32.8 Å². The summed E-state index contributed by atoms with van der Waals surface area (Å²) in [5.41, 5.74) is 1.91. The van der Waals surface area contributed by atoms with Crippen LogP contribution in [0.2, 0.25) is 0 Å². The second-order valence-electron chi connectivity index (χ2n) is 6.50. The summed E-state index contributed by atoms with van der Waals surface area (Å²) < 4.78 is 33.2. The van der Waals surface area contributed by atoms with Crippen molar-refractivity contribution in [3.63, 3.8) is 0 Å². The SMILES string of the molecule is COCc1c(C(=O)NCc2ccc(F)c(F)c2)cnn1-c1nccc(-c2cccs2)n1. The van der Waals surface area contributed by atoms with E-state index in [0.717, 1.165) is 22.7 Å². The van der Waals surface area contributed by atoms with Crippen LogP contribution in [0.15, 0.2) is 54.2 Å². The van der Waals surface area contributed by atoms with E-state index in [0.29, 0.717) is 17.2 Å². The molecule has 0 saturated heterocycles. The predicted octanol–water partition coefficient (Wildman–Crippen LogP) is 3.75. The smallest absolute Gasteiger partial charge is 0.255 e. The third-order valence-corrected chi connectivity index (χ3v) is 5.33. The fraction of sp³-hybridized carbons (Fsp3) is 0.143. The van der Waals surface area contributed by atoms with Crippen LogP contribution >= 0.6 is 11.3 Å². The zero-order valence-electron chi connectivity index (χ0n) is 16.4. The molecule has 0 saturated carbocycles. The molecular formula is C21H17F2N5O2S. The van der Waals surface area contributed by atoms with Crippen LogP contribution in [0.25, 0.3) is 16.5 Å². The Bertz CT molecular complexity index is 1210. The number of halogens is 2. The molecule has 4 aromatic rings. The van der Waals surface area contributed by atoms with E-state index in [2.05, 4.69) is 20.4 Å². The Kier molecular flexibility index (Phi) is 6.10. The zero-order valence-corrected chi connectivity index (χ0v) is 17.2. The first-order valence-corrected chi connectivity index (χ1v) is 10.1. The molecule has 0 atom stereocenters. The van der Waals surface area contributed by atoms with Gasteiger partial charge < -0.3 is 10.1 Å². The van der Waals surface area contributed by atoms with Crippen molar-refractivity contribution in [3.05, 3.63) is 82.6 Å². The maximum absolute atomic E-state index is 13.4. The molecule has 3 aromatic heterocycles. The van der Waals surface area contributed by atoms with E-state index >= 15 is 0 Å². The number of carbonyl (C=O) groups is 1. The minimum Gasteiger partial charge on any atom is -0.378 e. The number of nitrogens with zero attached hydrogens (tertiary/aromatic N) is 4. The monoisotopic (exact) mass is 441 g/mol. The molecule has 4 rings (SSSR count). The van der Waals surface area contributed by atoms with Gasteiger partial charge in [-0.15, -0.1) is 11.3 Å². The molecule has 0 aliphatic carbocycles. The second kappa shape index (κ2) is 9.11. The summed E-state index contributed by atoms with van der Waals surface area (Å²) in [6.07, 6.45) is 3.02. The largest absolute Gasteiger partial charge is 0.378 e. The van der Waals surface area contributed by atoms with Crippen LogP contribution in [-0.2, 0) is 17.9 Å². The number of amides is 1. The molecule has 7 nitrogen and oxygen atoms in total. The van der Waals surface area contributed by atoms with Gasteiger partial charge >= 0.3 is 0 Å². The van der Waals surface area contributed by atoms with Gasteiger partial charge in [-0.25, -0.2) is 18.7 Å². The standard InChI is InChI=1S/C21H17F2N5O2S/c1-30-12-18-14(20(29)25-10-13-4-5-15(22)16(23)9-13)11-26-28(18)21-24-7-6-17(27-21)19-3-2-8-31-19/h2-9,11H,10,12H2,1H3,(H,25,29). The average Bonchev–Trinajstić information content (AvgIpc) is 3.45. The van der Waals surface area contributed by atoms with Crippen molar-refractivity contribution >= 4 is 17.2 Å². The van der Waals surface area contributed by atoms with E-state index in [1.165, 1.54) is 24.1 Å². The molecular weight excluding hydrogens is 424 g/mol. The topological polar surface area (TPSA) is 81.9 Å². The summed E-state index contributed by atoms with van der Waals surface area (Å²) in [4.78, 5) is 22.5. The van der Waals surface area contributed by atoms with Crippen molar-refractivity contribution in [1.82, 2.24) is 25.1 Å². The first-order chi connectivity index (χ1) is 15.1. The quantitative estimate of drug-likeness (QED) is 0.473. The zero-order chi connectivity index (χ0) is 21.8. The Morgan fingerprint density at radius 3 is 2.84 bits per heavy atom. The number of benzene rings is 1. The Balaban J connectivity index is 1.59. The molecule has 1 aromatic carbocycles. The molecule has 31 heavy (non-hydrogen) atoms. The molecule has 0 unspecified atom stereocenters. The molecule has 0 aliphatic rings. The molecule has 0 bridgehead atoms. The number of methoxy groups -OCH3 is 1. The summed E-state index contributed by atoms with van der Waals surface area (Å²) in [6.45, 7) is 0.124. The van der Waals surface area contributed by atoms with Gasteiger partial charge in [-0.05, 0) is 35.2 Å². The van der Waals surface area contributed by atoms with Crippen LogP contribution < -0.4 is 5.32 Å². The lowest BCUT2D eigenvalue weighted by molar-refractivity contribution is 0.0945. The number of thiophene rings is 1. The molecule has 3 heterocycles. The van der Waals surface area contributed by atoms with Gasteiger partial charge in [0, 0.05) is 19.9 Å². The van der Waals surface area contributed by atoms with E-state index in [1.807, 2.05) is 17.5 Å². The van der Waals surface area contributed by atoms with Crippen LogP contribution in [0, 0.1) is 11.6 Å².